The highest BCUT2D eigenvalue weighted by atomic mass is 32.2. The fourth-order valence-electron chi connectivity index (χ4n) is 1.12. The first kappa shape index (κ1) is 12.9. The van der Waals surface area contributed by atoms with Crippen LogP contribution in [0.15, 0.2) is 24.3 Å². The minimum atomic E-state index is -0.0183. The number of benzene rings is 1. The lowest BCUT2D eigenvalue weighted by Crippen LogP contribution is -2.12. The van der Waals surface area contributed by atoms with Crippen molar-refractivity contribution in [3.05, 3.63) is 24.3 Å². The van der Waals surface area contributed by atoms with Crippen molar-refractivity contribution >= 4 is 29.0 Å². The average molecular weight is 240 g/mol. The molecule has 16 heavy (non-hydrogen) atoms. The molecule has 0 aliphatic heterocycles. The molecule has 0 radical (unpaired) electrons. The van der Waals surface area contributed by atoms with Gasteiger partial charge in [0.15, 0.2) is 0 Å². The van der Waals surface area contributed by atoms with Gasteiger partial charge in [-0.05, 0) is 24.3 Å². The highest BCUT2D eigenvalue weighted by molar-refractivity contribution is 7.99. The molecule has 0 saturated carbocycles. The number of rotatable bonds is 6. The Morgan fingerprint density at radius 3 is 2.62 bits per heavy atom. The van der Waals surface area contributed by atoms with Crippen LogP contribution in [0.25, 0.3) is 0 Å². The van der Waals surface area contributed by atoms with Crippen molar-refractivity contribution in [3.63, 3.8) is 0 Å². The molecule has 0 atom stereocenters. The van der Waals surface area contributed by atoms with Gasteiger partial charge in [-0.2, -0.15) is 11.8 Å². The van der Waals surface area contributed by atoms with Gasteiger partial charge in [-0.25, -0.2) is 0 Å². The molecule has 4 nitrogen and oxygen atoms in total. The van der Waals surface area contributed by atoms with E-state index in [1.807, 2.05) is 0 Å². The summed E-state index contributed by atoms with van der Waals surface area (Å²) in [6.45, 7) is 0.157. The van der Waals surface area contributed by atoms with Crippen molar-refractivity contribution in [3.8, 4) is 0 Å². The maximum Gasteiger partial charge on any atom is 0.225 e. The molecule has 0 unspecified atom stereocenters. The summed E-state index contributed by atoms with van der Waals surface area (Å²) in [6, 6.07) is 7.04. The summed E-state index contributed by atoms with van der Waals surface area (Å²) in [7, 11) is 0. The van der Waals surface area contributed by atoms with Crippen LogP contribution < -0.4 is 11.1 Å². The molecular weight excluding hydrogens is 224 g/mol. The van der Waals surface area contributed by atoms with Crippen LogP contribution in [-0.4, -0.2) is 29.1 Å². The molecule has 0 spiro atoms. The van der Waals surface area contributed by atoms with E-state index in [2.05, 4.69) is 5.32 Å². The molecular formula is C11H16N2O2S. The minimum Gasteiger partial charge on any atom is -0.399 e. The molecule has 0 saturated heterocycles. The topological polar surface area (TPSA) is 75.3 Å². The largest absolute Gasteiger partial charge is 0.399 e. The molecule has 0 fully saturated rings. The average Bonchev–Trinajstić information content (AvgIpc) is 2.28. The first-order valence-corrected chi connectivity index (χ1v) is 6.22. The van der Waals surface area contributed by atoms with Gasteiger partial charge in [0.25, 0.3) is 0 Å². The molecule has 1 aromatic carbocycles. The zero-order valence-corrected chi connectivity index (χ0v) is 9.80. The van der Waals surface area contributed by atoms with Gasteiger partial charge in [0.1, 0.15) is 0 Å². The number of thioether (sulfide) groups is 1. The molecule has 1 amide bonds. The molecule has 0 bridgehead atoms. The van der Waals surface area contributed by atoms with Gasteiger partial charge in [-0.1, -0.05) is 0 Å². The quantitative estimate of drug-likeness (QED) is 0.518. The summed E-state index contributed by atoms with van der Waals surface area (Å²) >= 11 is 1.56. The van der Waals surface area contributed by atoms with Crippen molar-refractivity contribution in [2.75, 3.05) is 29.2 Å². The van der Waals surface area contributed by atoms with Gasteiger partial charge in [0.05, 0.1) is 6.61 Å². The second-order valence-electron chi connectivity index (χ2n) is 3.26. The lowest BCUT2D eigenvalue weighted by molar-refractivity contribution is -0.115. The zero-order valence-electron chi connectivity index (χ0n) is 8.98. The molecule has 0 aromatic heterocycles. The van der Waals surface area contributed by atoms with Crippen molar-refractivity contribution < 1.29 is 9.90 Å². The first-order valence-electron chi connectivity index (χ1n) is 5.06. The Morgan fingerprint density at radius 2 is 2.00 bits per heavy atom. The number of aliphatic hydroxyl groups excluding tert-OH is 1. The van der Waals surface area contributed by atoms with Crippen LogP contribution >= 0.6 is 11.8 Å². The number of carbonyl (C=O) groups is 1. The fourth-order valence-corrected chi connectivity index (χ4v) is 1.78. The fraction of sp³-hybridized carbons (Fsp3) is 0.364. The van der Waals surface area contributed by atoms with Gasteiger partial charge in [-0.3, -0.25) is 4.79 Å². The monoisotopic (exact) mass is 240 g/mol. The van der Waals surface area contributed by atoms with Crippen LogP contribution in [-0.2, 0) is 4.79 Å². The third-order valence-electron chi connectivity index (χ3n) is 1.90. The first-order chi connectivity index (χ1) is 7.72. The Bertz CT molecular complexity index is 327. The summed E-state index contributed by atoms with van der Waals surface area (Å²) < 4.78 is 0. The van der Waals surface area contributed by atoms with Crippen LogP contribution in [0, 0.1) is 0 Å². The third kappa shape index (κ3) is 5.04. The van der Waals surface area contributed by atoms with E-state index in [-0.39, 0.29) is 12.5 Å². The number of nitrogens with one attached hydrogen (secondary N) is 1. The predicted octanol–water partition coefficient (Wildman–Crippen LogP) is 1.32. The molecule has 0 heterocycles. The molecule has 88 valence electrons. The maximum absolute atomic E-state index is 11.4. The number of nitrogen functional groups attached to an aromatic ring is 1. The number of anilines is 2. The Morgan fingerprint density at radius 1 is 1.31 bits per heavy atom. The number of nitrogens with two attached hydrogens (primary N) is 1. The van der Waals surface area contributed by atoms with E-state index >= 15 is 0 Å². The number of aliphatic hydroxyl groups is 1. The molecule has 4 N–H and O–H groups in total. The van der Waals surface area contributed by atoms with E-state index in [1.54, 1.807) is 36.0 Å². The van der Waals surface area contributed by atoms with Crippen molar-refractivity contribution in [1.29, 1.82) is 0 Å². The van der Waals surface area contributed by atoms with Gasteiger partial charge in [0, 0.05) is 29.3 Å². The standard InChI is InChI=1S/C11H16N2O2S/c12-9-1-3-10(4-2-9)13-11(15)5-7-16-8-6-14/h1-4,14H,5-8,12H2,(H,13,15). The summed E-state index contributed by atoms with van der Waals surface area (Å²) in [5.74, 6) is 1.38. The van der Waals surface area contributed by atoms with E-state index in [4.69, 9.17) is 10.8 Å². The van der Waals surface area contributed by atoms with Gasteiger partial charge >= 0.3 is 0 Å². The Labute approximate surface area is 99.2 Å². The number of carbonyl (C=O) groups excluding carboxylic acids is 1. The summed E-state index contributed by atoms with van der Waals surface area (Å²) in [5, 5.41) is 11.3. The Kier molecular flexibility index (Phi) is 5.74. The summed E-state index contributed by atoms with van der Waals surface area (Å²) in [6.07, 6.45) is 0.453. The third-order valence-corrected chi connectivity index (χ3v) is 2.87. The van der Waals surface area contributed by atoms with E-state index in [1.165, 1.54) is 0 Å². The van der Waals surface area contributed by atoms with Crippen LogP contribution in [0.4, 0.5) is 11.4 Å². The number of amides is 1. The van der Waals surface area contributed by atoms with Crippen molar-refractivity contribution in [2.24, 2.45) is 0 Å². The van der Waals surface area contributed by atoms with Crippen molar-refractivity contribution in [2.45, 2.75) is 6.42 Å². The second-order valence-corrected chi connectivity index (χ2v) is 4.48. The SMILES string of the molecule is Nc1ccc(NC(=O)CCSCCO)cc1. The van der Waals surface area contributed by atoms with Crippen LogP contribution in [0.1, 0.15) is 6.42 Å². The lowest BCUT2D eigenvalue weighted by Gasteiger charge is -2.05. The Hall–Kier alpha value is -1.20. The molecule has 5 heteroatoms. The van der Waals surface area contributed by atoms with E-state index in [0.29, 0.717) is 17.9 Å². The lowest BCUT2D eigenvalue weighted by atomic mass is 10.3. The Balaban J connectivity index is 2.26. The van der Waals surface area contributed by atoms with Gasteiger partial charge < -0.3 is 16.2 Å². The second kappa shape index (κ2) is 7.14. The van der Waals surface area contributed by atoms with Gasteiger partial charge in [0.2, 0.25) is 5.91 Å². The summed E-state index contributed by atoms with van der Waals surface area (Å²) in [4.78, 5) is 11.4. The van der Waals surface area contributed by atoms with Crippen molar-refractivity contribution in [1.82, 2.24) is 0 Å². The van der Waals surface area contributed by atoms with Gasteiger partial charge in [-0.15, -0.1) is 0 Å². The smallest absolute Gasteiger partial charge is 0.225 e. The van der Waals surface area contributed by atoms with Crippen LogP contribution in [0.2, 0.25) is 0 Å². The van der Waals surface area contributed by atoms with E-state index < -0.39 is 0 Å². The molecule has 0 aliphatic rings. The van der Waals surface area contributed by atoms with Crippen LogP contribution in [0.3, 0.4) is 0 Å². The highest BCUT2D eigenvalue weighted by Crippen LogP contribution is 2.11. The summed E-state index contributed by atoms with van der Waals surface area (Å²) in [5.41, 5.74) is 6.96. The van der Waals surface area contributed by atoms with E-state index in [9.17, 15) is 4.79 Å². The van der Waals surface area contributed by atoms with E-state index in [0.717, 1.165) is 11.4 Å². The number of hydrogen-bond donors (Lipinski definition) is 3. The maximum atomic E-state index is 11.4. The normalized spacial score (nSPS) is 10.1. The number of hydrogen-bond acceptors (Lipinski definition) is 4. The molecule has 0 aliphatic carbocycles. The van der Waals surface area contributed by atoms with Crippen LogP contribution in [0.5, 0.6) is 0 Å². The minimum absolute atomic E-state index is 0.0183. The zero-order chi connectivity index (χ0) is 11.8. The highest BCUT2D eigenvalue weighted by Gasteiger charge is 2.01. The predicted molar refractivity (Wildman–Crippen MR) is 68.5 cm³/mol. The molecule has 1 aromatic rings. The molecule has 1 rings (SSSR count).